The van der Waals surface area contributed by atoms with Crippen molar-refractivity contribution in [2.24, 2.45) is 0 Å². The van der Waals surface area contributed by atoms with E-state index in [0.717, 1.165) is 11.1 Å². The van der Waals surface area contributed by atoms with Gasteiger partial charge in [0.25, 0.3) is 5.56 Å². The smallest absolute Gasteiger partial charge is 0.264 e. The van der Waals surface area contributed by atoms with Gasteiger partial charge < -0.3 is 9.73 Å². The molecule has 0 atom stereocenters. The fourth-order valence-electron chi connectivity index (χ4n) is 2.61. The Kier molecular flexibility index (Phi) is 4.63. The minimum absolute atomic E-state index is 0.148. The van der Waals surface area contributed by atoms with E-state index in [4.69, 9.17) is 16.0 Å². The van der Waals surface area contributed by atoms with E-state index in [1.165, 1.54) is 10.9 Å². The summed E-state index contributed by atoms with van der Waals surface area (Å²) in [6, 6.07) is 5.33. The summed E-state index contributed by atoms with van der Waals surface area (Å²) in [5.41, 5.74) is 2.38. The van der Waals surface area contributed by atoms with E-state index in [1.807, 2.05) is 13.8 Å². The highest BCUT2D eigenvalue weighted by Crippen LogP contribution is 2.23. The third kappa shape index (κ3) is 3.30. The monoisotopic (exact) mass is 359 g/mol. The van der Waals surface area contributed by atoms with Gasteiger partial charge in [-0.15, -0.1) is 0 Å². The summed E-state index contributed by atoms with van der Waals surface area (Å²) in [7, 11) is 0. The van der Waals surface area contributed by atoms with Gasteiger partial charge in [0.1, 0.15) is 17.5 Å². The van der Waals surface area contributed by atoms with Gasteiger partial charge >= 0.3 is 0 Å². The van der Waals surface area contributed by atoms with Gasteiger partial charge in [-0.2, -0.15) is 0 Å². The summed E-state index contributed by atoms with van der Waals surface area (Å²) < 4.78 is 6.87. The van der Waals surface area contributed by atoms with E-state index < -0.39 is 0 Å². The van der Waals surface area contributed by atoms with Crippen molar-refractivity contribution in [3.63, 3.8) is 0 Å². The molecule has 2 aromatic heterocycles. The molecule has 1 amide bonds. The summed E-state index contributed by atoms with van der Waals surface area (Å²) in [6.45, 7) is 5.69. The third-order valence-electron chi connectivity index (χ3n) is 4.28. The zero-order valence-electron chi connectivity index (χ0n) is 14.2. The largest absolute Gasteiger partial charge is 0.443 e. The maximum absolute atomic E-state index is 12.5. The molecule has 1 aromatic carbocycles. The van der Waals surface area contributed by atoms with Crippen LogP contribution in [0.15, 0.2) is 33.7 Å². The van der Waals surface area contributed by atoms with Gasteiger partial charge in [-0.3, -0.25) is 14.2 Å². The summed E-state index contributed by atoms with van der Waals surface area (Å²) in [6.07, 6.45) is 1.56. The number of aryl methyl sites for hydroxylation is 3. The Labute approximate surface area is 149 Å². The Morgan fingerprint density at radius 3 is 2.80 bits per heavy atom. The van der Waals surface area contributed by atoms with E-state index in [0.29, 0.717) is 27.6 Å². The van der Waals surface area contributed by atoms with Gasteiger partial charge in [0.15, 0.2) is 0 Å². The Morgan fingerprint density at radius 2 is 2.04 bits per heavy atom. The fraction of sp³-hybridized carbons (Fsp3) is 0.278. The highest BCUT2D eigenvalue weighted by molar-refractivity contribution is 6.31. The highest BCUT2D eigenvalue weighted by Gasteiger charge is 2.14. The van der Waals surface area contributed by atoms with Gasteiger partial charge in [-0.1, -0.05) is 17.7 Å². The second kappa shape index (κ2) is 6.72. The quantitative estimate of drug-likeness (QED) is 0.772. The molecule has 0 radical (unpaired) electrons. The summed E-state index contributed by atoms with van der Waals surface area (Å²) in [5.74, 6) is 0.476. The number of hydrogen-bond acceptors (Lipinski definition) is 4. The van der Waals surface area contributed by atoms with Crippen LogP contribution in [0.3, 0.4) is 0 Å². The Morgan fingerprint density at radius 1 is 1.28 bits per heavy atom. The first-order valence-corrected chi connectivity index (χ1v) is 8.26. The number of hydrogen-bond donors (Lipinski definition) is 1. The van der Waals surface area contributed by atoms with Crippen LogP contribution in [0, 0.1) is 20.8 Å². The first-order chi connectivity index (χ1) is 11.9. The molecular formula is C18H18ClN3O3. The van der Waals surface area contributed by atoms with Gasteiger partial charge in [-0.25, -0.2) is 4.98 Å². The van der Waals surface area contributed by atoms with E-state index in [1.54, 1.807) is 25.1 Å². The van der Waals surface area contributed by atoms with Crippen LogP contribution in [0.1, 0.15) is 23.3 Å². The normalized spacial score (nSPS) is 11.0. The van der Waals surface area contributed by atoms with Crippen molar-refractivity contribution < 1.29 is 9.21 Å². The summed E-state index contributed by atoms with van der Waals surface area (Å²) in [4.78, 5) is 28.9. The minimum atomic E-state index is -0.203. The molecule has 0 aliphatic carbocycles. The molecule has 1 N–H and O–H groups in total. The number of furan rings is 1. The van der Waals surface area contributed by atoms with Crippen LogP contribution in [0.5, 0.6) is 0 Å². The summed E-state index contributed by atoms with van der Waals surface area (Å²) in [5, 5.41) is 3.87. The van der Waals surface area contributed by atoms with E-state index in [-0.39, 0.29) is 24.4 Å². The molecule has 7 heteroatoms. The highest BCUT2D eigenvalue weighted by atomic mass is 35.5. The van der Waals surface area contributed by atoms with Crippen molar-refractivity contribution in [2.75, 3.05) is 5.32 Å². The average Bonchev–Trinajstić information content (AvgIpc) is 2.86. The molecule has 6 nitrogen and oxygen atoms in total. The van der Waals surface area contributed by atoms with Crippen molar-refractivity contribution in [3.05, 3.63) is 56.8 Å². The van der Waals surface area contributed by atoms with Crippen molar-refractivity contribution in [3.8, 4) is 0 Å². The minimum Gasteiger partial charge on any atom is -0.443 e. The number of amides is 1. The first kappa shape index (κ1) is 17.2. The molecule has 3 aromatic rings. The molecule has 0 aliphatic rings. The molecular weight excluding hydrogens is 342 g/mol. The van der Waals surface area contributed by atoms with Crippen LogP contribution in [-0.4, -0.2) is 15.5 Å². The first-order valence-electron chi connectivity index (χ1n) is 7.88. The molecule has 0 unspecified atom stereocenters. The topological polar surface area (TPSA) is 77.1 Å². The van der Waals surface area contributed by atoms with Crippen molar-refractivity contribution in [1.29, 1.82) is 0 Å². The molecule has 0 bridgehead atoms. The lowest BCUT2D eigenvalue weighted by Gasteiger charge is -2.10. The maximum Gasteiger partial charge on any atom is 0.264 e. The third-order valence-corrected chi connectivity index (χ3v) is 4.69. The lowest BCUT2D eigenvalue weighted by Crippen LogP contribution is -2.23. The Bertz CT molecular complexity index is 1020. The zero-order chi connectivity index (χ0) is 18.1. The number of benzene rings is 1. The number of carbonyl (C=O) groups is 1. The van der Waals surface area contributed by atoms with E-state index in [2.05, 4.69) is 10.3 Å². The molecule has 3 rings (SSSR count). The molecule has 130 valence electrons. The summed E-state index contributed by atoms with van der Waals surface area (Å²) >= 11 is 6.05. The second-order valence-corrected chi connectivity index (χ2v) is 6.32. The number of aromatic nitrogens is 2. The lowest BCUT2D eigenvalue weighted by atomic mass is 10.2. The number of carbonyl (C=O) groups excluding carboxylic acids is 1. The predicted molar refractivity (Wildman–Crippen MR) is 97.2 cm³/mol. The van der Waals surface area contributed by atoms with Gasteiger partial charge in [0.05, 0.1) is 0 Å². The SMILES string of the molecule is Cc1oc2ncn(CCC(=O)Nc3cccc(Cl)c3C)c(=O)c2c1C. The molecule has 0 aliphatic heterocycles. The van der Waals surface area contributed by atoms with Gasteiger partial charge in [0, 0.05) is 29.2 Å². The molecule has 0 spiro atoms. The molecule has 0 saturated carbocycles. The predicted octanol–water partition coefficient (Wildman–Crippen LogP) is 3.60. The molecule has 25 heavy (non-hydrogen) atoms. The van der Waals surface area contributed by atoms with E-state index >= 15 is 0 Å². The van der Waals surface area contributed by atoms with Crippen molar-refractivity contribution >= 4 is 34.3 Å². The average molecular weight is 360 g/mol. The lowest BCUT2D eigenvalue weighted by molar-refractivity contribution is -0.116. The van der Waals surface area contributed by atoms with Crippen LogP contribution in [0.4, 0.5) is 5.69 Å². The number of nitrogens with zero attached hydrogens (tertiary/aromatic N) is 2. The number of halogens is 1. The molecule has 2 heterocycles. The number of fused-ring (bicyclic) bond motifs is 1. The van der Waals surface area contributed by atoms with E-state index in [9.17, 15) is 9.59 Å². The second-order valence-electron chi connectivity index (χ2n) is 5.92. The Balaban J connectivity index is 1.75. The standard InChI is InChI=1S/C18H18ClN3O3/c1-10-12(3)25-17-16(10)18(24)22(9-20-17)8-7-15(23)21-14-6-4-5-13(19)11(14)2/h4-6,9H,7-8H2,1-3H3,(H,21,23). The van der Waals surface area contributed by atoms with Gasteiger partial charge in [0.2, 0.25) is 11.6 Å². The van der Waals surface area contributed by atoms with Crippen LogP contribution in [0.25, 0.3) is 11.1 Å². The van der Waals surface area contributed by atoms with Crippen molar-refractivity contribution in [1.82, 2.24) is 9.55 Å². The fourth-order valence-corrected chi connectivity index (χ4v) is 2.78. The maximum atomic E-state index is 12.5. The van der Waals surface area contributed by atoms with Crippen LogP contribution in [0.2, 0.25) is 5.02 Å². The number of rotatable bonds is 4. The number of anilines is 1. The number of nitrogens with one attached hydrogen (secondary N) is 1. The van der Waals surface area contributed by atoms with Crippen LogP contribution < -0.4 is 10.9 Å². The van der Waals surface area contributed by atoms with Crippen LogP contribution >= 0.6 is 11.6 Å². The molecule has 0 saturated heterocycles. The van der Waals surface area contributed by atoms with Gasteiger partial charge in [-0.05, 0) is 38.5 Å². The molecule has 0 fully saturated rings. The zero-order valence-corrected chi connectivity index (χ0v) is 15.0. The van der Waals surface area contributed by atoms with Crippen LogP contribution in [-0.2, 0) is 11.3 Å². The van der Waals surface area contributed by atoms with Crippen molar-refractivity contribution in [2.45, 2.75) is 33.7 Å². The Hall–Kier alpha value is -2.60.